The minimum Gasteiger partial charge on any atom is -0.465 e. The predicted octanol–water partition coefficient (Wildman–Crippen LogP) is 2.95. The smallest absolute Gasteiger partial charge is 0.465 e. The Labute approximate surface area is 157 Å². The maximum Gasteiger partial charge on any atom is 0.495 e. The summed E-state index contributed by atoms with van der Waals surface area (Å²) in [5.41, 5.74) is 1.65. The van der Waals surface area contributed by atoms with Crippen LogP contribution in [0.2, 0.25) is 0 Å². The van der Waals surface area contributed by atoms with E-state index in [0.29, 0.717) is 16.7 Å². The van der Waals surface area contributed by atoms with E-state index in [1.165, 1.54) is 12.1 Å². The van der Waals surface area contributed by atoms with E-state index in [2.05, 4.69) is 10.3 Å². The maximum atomic E-state index is 13.2. The van der Waals surface area contributed by atoms with Gasteiger partial charge in [-0.1, -0.05) is 0 Å². The van der Waals surface area contributed by atoms with Crippen LogP contribution in [0.15, 0.2) is 36.5 Å². The van der Waals surface area contributed by atoms with Gasteiger partial charge in [0.05, 0.1) is 16.9 Å². The van der Waals surface area contributed by atoms with Crippen LogP contribution >= 0.6 is 0 Å². The van der Waals surface area contributed by atoms with Crippen molar-refractivity contribution in [2.24, 2.45) is 0 Å². The molecule has 1 fully saturated rings. The molecule has 0 unspecified atom stereocenters. The van der Waals surface area contributed by atoms with Gasteiger partial charge in [0.2, 0.25) is 0 Å². The summed E-state index contributed by atoms with van der Waals surface area (Å²) in [6, 6.07) is 7.81. The lowest BCUT2D eigenvalue weighted by Gasteiger charge is -2.32. The van der Waals surface area contributed by atoms with Crippen LogP contribution < -0.4 is 10.8 Å². The summed E-state index contributed by atoms with van der Waals surface area (Å²) in [5.74, 6) is -0.327. The molecule has 1 aliphatic heterocycles. The molecule has 0 bridgehead atoms. The first-order chi connectivity index (χ1) is 12.6. The van der Waals surface area contributed by atoms with Gasteiger partial charge in [-0.25, -0.2) is 9.18 Å². The minimum absolute atomic E-state index is 0.0748. The molecule has 0 spiro atoms. The number of benzene rings is 1. The Morgan fingerprint density at radius 3 is 2.33 bits per heavy atom. The molecule has 6 nitrogen and oxygen atoms in total. The second-order valence-electron chi connectivity index (χ2n) is 7.52. The summed E-state index contributed by atoms with van der Waals surface area (Å²) < 4.78 is 25.5. The number of carboxylic acid groups (broad SMARTS) is 1. The highest BCUT2D eigenvalue weighted by Crippen LogP contribution is 2.37. The van der Waals surface area contributed by atoms with Gasteiger partial charge in [0.1, 0.15) is 5.82 Å². The van der Waals surface area contributed by atoms with Crippen LogP contribution in [0.4, 0.5) is 9.18 Å². The zero-order valence-corrected chi connectivity index (χ0v) is 15.7. The quantitative estimate of drug-likeness (QED) is 0.807. The van der Waals surface area contributed by atoms with Crippen molar-refractivity contribution in [3.05, 3.63) is 47.9 Å². The Morgan fingerprint density at radius 1 is 1.19 bits per heavy atom. The molecule has 8 heteroatoms. The summed E-state index contributed by atoms with van der Waals surface area (Å²) >= 11 is 0. The van der Waals surface area contributed by atoms with Crippen LogP contribution in [0.25, 0.3) is 11.3 Å². The van der Waals surface area contributed by atoms with Crippen molar-refractivity contribution >= 4 is 18.7 Å². The van der Waals surface area contributed by atoms with Crippen LogP contribution in [-0.2, 0) is 15.9 Å². The Kier molecular flexibility index (Phi) is 4.97. The van der Waals surface area contributed by atoms with E-state index in [1.807, 2.05) is 27.7 Å². The second-order valence-corrected chi connectivity index (χ2v) is 7.52. The van der Waals surface area contributed by atoms with Gasteiger partial charge in [0.25, 0.3) is 0 Å². The third-order valence-electron chi connectivity index (χ3n) is 5.10. The molecule has 27 heavy (non-hydrogen) atoms. The van der Waals surface area contributed by atoms with Gasteiger partial charge in [0, 0.05) is 18.3 Å². The van der Waals surface area contributed by atoms with Gasteiger partial charge in [-0.3, -0.25) is 4.98 Å². The van der Waals surface area contributed by atoms with Gasteiger partial charge >= 0.3 is 13.2 Å². The Balaban J connectivity index is 2.01. The SMILES string of the molecule is CC1(C)OB(c2cc(-c3ccc(F)cc3)ncc2CNC(=O)O)OC1(C)C. The van der Waals surface area contributed by atoms with Crippen LogP contribution in [-0.4, -0.2) is 34.5 Å². The number of amides is 1. The summed E-state index contributed by atoms with van der Waals surface area (Å²) in [6.07, 6.45) is 0.465. The zero-order chi connectivity index (χ0) is 19.8. The standard InChI is InChI=1S/C19H22BFN2O4/c1-18(2)19(3,4)27-20(26-18)15-9-16(12-5-7-14(21)8-6-12)22-10-13(15)11-23-17(24)25/h5-10,23H,11H2,1-4H3,(H,24,25). The molecule has 1 aromatic heterocycles. The lowest BCUT2D eigenvalue weighted by Crippen LogP contribution is -2.41. The van der Waals surface area contributed by atoms with E-state index in [0.717, 1.165) is 5.56 Å². The van der Waals surface area contributed by atoms with E-state index >= 15 is 0 Å². The molecule has 1 saturated heterocycles. The molecule has 2 heterocycles. The fraction of sp³-hybridized carbons (Fsp3) is 0.368. The summed E-state index contributed by atoms with van der Waals surface area (Å²) in [5, 5.41) is 11.3. The first-order valence-electron chi connectivity index (χ1n) is 8.66. The van der Waals surface area contributed by atoms with E-state index in [9.17, 15) is 9.18 Å². The highest BCUT2D eigenvalue weighted by molar-refractivity contribution is 6.62. The first-order valence-corrected chi connectivity index (χ1v) is 8.66. The number of carbonyl (C=O) groups is 1. The summed E-state index contributed by atoms with van der Waals surface area (Å²) in [4.78, 5) is 15.3. The monoisotopic (exact) mass is 372 g/mol. The van der Waals surface area contributed by atoms with Gasteiger partial charge in [-0.2, -0.15) is 0 Å². The largest absolute Gasteiger partial charge is 0.495 e. The Bertz CT molecular complexity index is 839. The van der Waals surface area contributed by atoms with Crippen molar-refractivity contribution < 1.29 is 23.6 Å². The summed E-state index contributed by atoms with van der Waals surface area (Å²) in [6.45, 7) is 7.87. The number of hydrogen-bond acceptors (Lipinski definition) is 4. The fourth-order valence-electron chi connectivity index (χ4n) is 2.79. The van der Waals surface area contributed by atoms with Crippen molar-refractivity contribution in [1.82, 2.24) is 10.3 Å². The molecule has 0 radical (unpaired) electrons. The molecule has 3 rings (SSSR count). The number of aromatic nitrogens is 1. The van der Waals surface area contributed by atoms with Crippen molar-refractivity contribution in [2.75, 3.05) is 0 Å². The van der Waals surface area contributed by atoms with Crippen molar-refractivity contribution in [2.45, 2.75) is 45.4 Å². The number of pyridine rings is 1. The average Bonchev–Trinajstić information content (AvgIpc) is 2.81. The highest BCUT2D eigenvalue weighted by Gasteiger charge is 2.52. The summed E-state index contributed by atoms with van der Waals surface area (Å²) in [7, 11) is -0.664. The molecular weight excluding hydrogens is 350 g/mol. The molecule has 1 amide bonds. The van der Waals surface area contributed by atoms with E-state index in [4.69, 9.17) is 14.4 Å². The molecule has 142 valence electrons. The van der Waals surface area contributed by atoms with E-state index < -0.39 is 24.4 Å². The molecule has 1 aliphatic rings. The van der Waals surface area contributed by atoms with Gasteiger partial charge in [0.15, 0.2) is 0 Å². The van der Waals surface area contributed by atoms with Crippen LogP contribution in [0, 0.1) is 5.82 Å². The van der Waals surface area contributed by atoms with Crippen molar-refractivity contribution in [3.8, 4) is 11.3 Å². The number of rotatable bonds is 4. The topological polar surface area (TPSA) is 80.7 Å². The molecule has 0 aliphatic carbocycles. The first kappa shape index (κ1) is 19.3. The number of halogens is 1. The molecule has 0 saturated carbocycles. The third kappa shape index (κ3) is 3.96. The highest BCUT2D eigenvalue weighted by atomic mass is 19.1. The van der Waals surface area contributed by atoms with Crippen LogP contribution in [0.5, 0.6) is 0 Å². The van der Waals surface area contributed by atoms with Crippen LogP contribution in [0.3, 0.4) is 0 Å². The number of nitrogens with zero attached hydrogens (tertiary/aromatic N) is 1. The van der Waals surface area contributed by atoms with Crippen molar-refractivity contribution in [1.29, 1.82) is 0 Å². The Hall–Kier alpha value is -2.45. The van der Waals surface area contributed by atoms with Gasteiger partial charge < -0.3 is 19.7 Å². The lowest BCUT2D eigenvalue weighted by molar-refractivity contribution is 0.00578. The van der Waals surface area contributed by atoms with Crippen LogP contribution in [0.1, 0.15) is 33.3 Å². The second kappa shape index (κ2) is 6.94. The molecule has 0 atom stereocenters. The third-order valence-corrected chi connectivity index (χ3v) is 5.10. The molecular formula is C19H22BFN2O4. The minimum atomic E-state index is -1.13. The van der Waals surface area contributed by atoms with E-state index in [-0.39, 0.29) is 12.4 Å². The number of hydrogen-bond donors (Lipinski definition) is 2. The number of nitrogens with one attached hydrogen (secondary N) is 1. The van der Waals surface area contributed by atoms with Gasteiger partial charge in [-0.05, 0) is 69.1 Å². The Morgan fingerprint density at radius 2 is 1.78 bits per heavy atom. The van der Waals surface area contributed by atoms with Gasteiger partial charge in [-0.15, -0.1) is 0 Å². The molecule has 1 aromatic carbocycles. The fourth-order valence-corrected chi connectivity index (χ4v) is 2.79. The molecule has 2 N–H and O–H groups in total. The predicted molar refractivity (Wildman–Crippen MR) is 100 cm³/mol. The zero-order valence-electron chi connectivity index (χ0n) is 15.7. The molecule has 2 aromatic rings. The van der Waals surface area contributed by atoms with Crippen molar-refractivity contribution in [3.63, 3.8) is 0 Å². The normalized spacial score (nSPS) is 17.7. The maximum absolute atomic E-state index is 13.2. The van der Waals surface area contributed by atoms with E-state index in [1.54, 1.807) is 24.4 Å². The average molecular weight is 372 g/mol. The lowest BCUT2D eigenvalue weighted by atomic mass is 9.76.